The van der Waals surface area contributed by atoms with Crippen molar-refractivity contribution in [2.75, 3.05) is 0 Å². The fourth-order valence-corrected chi connectivity index (χ4v) is 1.36. The molecule has 0 spiro atoms. The Balaban J connectivity index is 2.26. The Labute approximate surface area is 66.6 Å². The van der Waals surface area contributed by atoms with Crippen LogP contribution in [0.1, 0.15) is 26.2 Å². The number of aliphatic carboxylic acids is 1. The van der Waals surface area contributed by atoms with E-state index < -0.39 is 5.97 Å². The maximum Gasteiger partial charge on any atom is 0.303 e. The predicted molar refractivity (Wildman–Crippen MR) is 42.1 cm³/mol. The Morgan fingerprint density at radius 3 is 2.64 bits per heavy atom. The molecule has 1 aliphatic carbocycles. The van der Waals surface area contributed by atoms with E-state index in [-0.39, 0.29) is 18.4 Å². The summed E-state index contributed by atoms with van der Waals surface area (Å²) in [5.74, 6) is -0.0158. The Hall–Kier alpha value is -0.570. The lowest BCUT2D eigenvalue weighted by atomic mass is 9.95. The number of carboxylic acid groups (broad SMARTS) is 1. The predicted octanol–water partition coefficient (Wildman–Crippen LogP) is 0.834. The van der Waals surface area contributed by atoms with Crippen LogP contribution in [0, 0.1) is 11.8 Å². The number of carboxylic acids is 1. The Kier molecular flexibility index (Phi) is 2.49. The van der Waals surface area contributed by atoms with Gasteiger partial charge in [0.05, 0.1) is 0 Å². The third-order valence-electron chi connectivity index (χ3n) is 2.32. The first kappa shape index (κ1) is 8.53. The van der Waals surface area contributed by atoms with Crippen LogP contribution in [-0.4, -0.2) is 17.1 Å². The van der Waals surface area contributed by atoms with Gasteiger partial charge in [0, 0.05) is 12.5 Å². The zero-order valence-corrected chi connectivity index (χ0v) is 6.79. The molecule has 1 saturated carbocycles. The van der Waals surface area contributed by atoms with E-state index in [9.17, 15) is 4.79 Å². The zero-order chi connectivity index (χ0) is 8.43. The average Bonchev–Trinajstić information content (AvgIpc) is 2.65. The summed E-state index contributed by atoms with van der Waals surface area (Å²) in [5, 5.41) is 8.48. The fourth-order valence-electron chi connectivity index (χ4n) is 1.36. The van der Waals surface area contributed by atoms with E-state index in [1.54, 1.807) is 0 Å². The highest BCUT2D eigenvalue weighted by Crippen LogP contribution is 2.35. The maximum absolute atomic E-state index is 10.3. The van der Waals surface area contributed by atoms with Crippen LogP contribution >= 0.6 is 0 Å². The fraction of sp³-hybridized carbons (Fsp3) is 0.875. The smallest absolute Gasteiger partial charge is 0.303 e. The topological polar surface area (TPSA) is 63.3 Å². The van der Waals surface area contributed by atoms with E-state index in [1.165, 1.54) is 12.8 Å². The van der Waals surface area contributed by atoms with E-state index in [0.29, 0.717) is 5.92 Å². The van der Waals surface area contributed by atoms with Crippen LogP contribution in [0.25, 0.3) is 0 Å². The molecular weight excluding hydrogens is 142 g/mol. The van der Waals surface area contributed by atoms with Gasteiger partial charge in [-0.15, -0.1) is 0 Å². The van der Waals surface area contributed by atoms with Gasteiger partial charge in [-0.2, -0.15) is 0 Å². The van der Waals surface area contributed by atoms with Gasteiger partial charge >= 0.3 is 5.97 Å². The van der Waals surface area contributed by atoms with E-state index in [4.69, 9.17) is 10.8 Å². The lowest BCUT2D eigenvalue weighted by molar-refractivity contribution is -0.138. The lowest BCUT2D eigenvalue weighted by Crippen LogP contribution is -2.31. The molecule has 0 bridgehead atoms. The van der Waals surface area contributed by atoms with Crippen LogP contribution in [0.4, 0.5) is 0 Å². The molecule has 3 nitrogen and oxygen atoms in total. The first-order valence-electron chi connectivity index (χ1n) is 4.08. The normalized spacial score (nSPS) is 22.7. The summed E-state index contributed by atoms with van der Waals surface area (Å²) in [7, 11) is 0. The maximum atomic E-state index is 10.3. The van der Waals surface area contributed by atoms with Crippen LogP contribution in [0.5, 0.6) is 0 Å². The van der Waals surface area contributed by atoms with E-state index in [2.05, 4.69) is 0 Å². The molecule has 0 aromatic carbocycles. The molecule has 3 N–H and O–H groups in total. The molecular formula is C8H15NO2. The van der Waals surface area contributed by atoms with Gasteiger partial charge in [-0.05, 0) is 24.7 Å². The summed E-state index contributed by atoms with van der Waals surface area (Å²) in [4.78, 5) is 10.3. The number of hydrogen-bond acceptors (Lipinski definition) is 2. The molecule has 3 heteroatoms. The van der Waals surface area contributed by atoms with Crippen molar-refractivity contribution >= 4 is 5.97 Å². The van der Waals surface area contributed by atoms with Gasteiger partial charge < -0.3 is 10.8 Å². The van der Waals surface area contributed by atoms with Crippen LogP contribution in [-0.2, 0) is 4.79 Å². The molecule has 0 aromatic heterocycles. The number of nitrogens with two attached hydrogens (primary N) is 1. The van der Waals surface area contributed by atoms with E-state index >= 15 is 0 Å². The van der Waals surface area contributed by atoms with Crippen molar-refractivity contribution in [3.05, 3.63) is 0 Å². The number of hydrogen-bond donors (Lipinski definition) is 2. The van der Waals surface area contributed by atoms with Gasteiger partial charge in [0.2, 0.25) is 0 Å². The van der Waals surface area contributed by atoms with Crippen LogP contribution in [0.3, 0.4) is 0 Å². The minimum absolute atomic E-state index is 0.103. The van der Waals surface area contributed by atoms with Crippen molar-refractivity contribution < 1.29 is 9.90 Å². The second-order valence-electron chi connectivity index (χ2n) is 3.49. The quantitative estimate of drug-likeness (QED) is 0.635. The summed E-state index contributed by atoms with van der Waals surface area (Å²) in [6.07, 6.45) is 2.58. The monoisotopic (exact) mass is 157 g/mol. The van der Waals surface area contributed by atoms with Gasteiger partial charge in [0.25, 0.3) is 0 Å². The molecule has 64 valence electrons. The molecule has 1 aliphatic rings. The van der Waals surface area contributed by atoms with Crippen LogP contribution in [0.2, 0.25) is 0 Å². The second kappa shape index (κ2) is 3.22. The third-order valence-corrected chi connectivity index (χ3v) is 2.32. The Morgan fingerprint density at radius 1 is 1.73 bits per heavy atom. The number of carbonyl (C=O) groups is 1. The van der Waals surface area contributed by atoms with Crippen molar-refractivity contribution in [1.82, 2.24) is 0 Å². The second-order valence-corrected chi connectivity index (χ2v) is 3.49. The van der Waals surface area contributed by atoms with Gasteiger partial charge in [-0.3, -0.25) is 4.79 Å². The SMILES string of the molecule is C[C@@H](CC(=O)O)C(N)C1CC1. The largest absolute Gasteiger partial charge is 0.481 e. The van der Waals surface area contributed by atoms with Gasteiger partial charge in [0.15, 0.2) is 0 Å². The highest BCUT2D eigenvalue weighted by atomic mass is 16.4. The molecule has 0 aromatic rings. The van der Waals surface area contributed by atoms with Gasteiger partial charge in [-0.25, -0.2) is 0 Å². The molecule has 0 amide bonds. The van der Waals surface area contributed by atoms with Crippen LogP contribution in [0.15, 0.2) is 0 Å². The minimum atomic E-state index is -0.742. The first-order valence-corrected chi connectivity index (χ1v) is 4.08. The minimum Gasteiger partial charge on any atom is -0.481 e. The molecule has 0 aliphatic heterocycles. The van der Waals surface area contributed by atoms with Crippen molar-refractivity contribution in [2.45, 2.75) is 32.2 Å². The average molecular weight is 157 g/mol. The molecule has 0 heterocycles. The summed E-state index contributed by atoms with van der Waals surface area (Å²) in [6.45, 7) is 1.91. The molecule has 0 saturated heterocycles. The summed E-state index contributed by atoms with van der Waals surface area (Å²) >= 11 is 0. The van der Waals surface area contributed by atoms with Crippen molar-refractivity contribution in [3.8, 4) is 0 Å². The molecule has 0 radical (unpaired) electrons. The highest BCUT2D eigenvalue weighted by molar-refractivity contribution is 5.67. The van der Waals surface area contributed by atoms with Crippen molar-refractivity contribution in [1.29, 1.82) is 0 Å². The summed E-state index contributed by atoms with van der Waals surface area (Å²) in [6, 6.07) is 0.103. The van der Waals surface area contributed by atoms with Gasteiger partial charge in [0.1, 0.15) is 0 Å². The third kappa shape index (κ3) is 2.50. The van der Waals surface area contributed by atoms with Crippen LogP contribution < -0.4 is 5.73 Å². The summed E-state index contributed by atoms with van der Waals surface area (Å²) in [5.41, 5.74) is 5.81. The Bertz CT molecular complexity index is 154. The molecule has 1 rings (SSSR count). The lowest BCUT2D eigenvalue weighted by Gasteiger charge is -2.16. The van der Waals surface area contributed by atoms with E-state index in [1.807, 2.05) is 6.92 Å². The zero-order valence-electron chi connectivity index (χ0n) is 6.79. The molecule has 1 fully saturated rings. The molecule has 2 atom stereocenters. The van der Waals surface area contributed by atoms with Crippen molar-refractivity contribution in [2.24, 2.45) is 17.6 Å². The summed E-state index contributed by atoms with van der Waals surface area (Å²) < 4.78 is 0. The first-order chi connectivity index (χ1) is 5.11. The number of rotatable bonds is 4. The molecule has 11 heavy (non-hydrogen) atoms. The Morgan fingerprint density at radius 2 is 2.27 bits per heavy atom. The highest BCUT2D eigenvalue weighted by Gasteiger charge is 2.32. The van der Waals surface area contributed by atoms with Gasteiger partial charge in [-0.1, -0.05) is 6.92 Å². The standard InChI is InChI=1S/C8H15NO2/c1-5(4-7(10)11)8(9)6-2-3-6/h5-6,8H,2-4,9H2,1H3,(H,10,11)/t5-,8?/m0/s1. The van der Waals surface area contributed by atoms with E-state index in [0.717, 1.165) is 0 Å². The van der Waals surface area contributed by atoms with Crippen molar-refractivity contribution in [3.63, 3.8) is 0 Å². The molecule has 1 unspecified atom stereocenters.